The lowest BCUT2D eigenvalue weighted by Gasteiger charge is -2.03. The molecule has 0 heterocycles. The van der Waals surface area contributed by atoms with Gasteiger partial charge in [-0.1, -0.05) is 6.07 Å². The first-order valence-corrected chi connectivity index (χ1v) is 8.67. The third-order valence-corrected chi connectivity index (χ3v) is 4.74. The number of hydrogen-bond donors (Lipinski definition) is 0. The van der Waals surface area contributed by atoms with Gasteiger partial charge in [-0.05, 0) is 52.4 Å². The molecule has 1 aromatic rings. The van der Waals surface area contributed by atoms with E-state index in [0.717, 1.165) is 5.56 Å². The Kier molecular flexibility index (Phi) is 4.06. The van der Waals surface area contributed by atoms with Crippen molar-refractivity contribution in [1.29, 1.82) is 0 Å². The second-order valence-corrected chi connectivity index (χ2v) is 10.9. The van der Waals surface area contributed by atoms with Crippen LogP contribution in [-0.2, 0) is 4.57 Å². The lowest BCUT2D eigenvalue weighted by Crippen LogP contribution is -1.90. The zero-order chi connectivity index (χ0) is 11.6. The van der Waals surface area contributed by atoms with Gasteiger partial charge in [0, 0.05) is 6.07 Å². The van der Waals surface area contributed by atoms with Crippen LogP contribution in [0.4, 0.5) is 5.69 Å². The number of nitrogens with zero attached hydrogens (tertiary/aromatic N) is 1. The quantitative estimate of drug-likeness (QED) is 0.463. The zero-order valence-electron chi connectivity index (χ0n) is 7.52. The molecule has 15 heavy (non-hydrogen) atoms. The summed E-state index contributed by atoms with van der Waals surface area (Å²) in [5.41, 5.74) is 0.603. The van der Waals surface area contributed by atoms with E-state index in [4.69, 9.17) is 22.5 Å². The van der Waals surface area contributed by atoms with Crippen molar-refractivity contribution in [3.05, 3.63) is 33.9 Å². The Balaban J connectivity index is 3.18. The molecule has 0 aromatic heterocycles. The molecule has 1 aromatic carbocycles. The van der Waals surface area contributed by atoms with Crippen LogP contribution in [0.25, 0.3) is 0 Å². The van der Waals surface area contributed by atoms with Gasteiger partial charge in [-0.15, -0.1) is 0 Å². The van der Waals surface area contributed by atoms with Gasteiger partial charge in [-0.3, -0.25) is 14.7 Å². The Hall–Kier alpha value is -0.220. The lowest BCUT2D eigenvalue weighted by atomic mass is 10.2. The van der Waals surface area contributed by atoms with E-state index in [1.54, 1.807) is 13.0 Å². The number of halogens is 2. The fourth-order valence-electron chi connectivity index (χ4n) is 0.962. The van der Waals surface area contributed by atoms with Crippen molar-refractivity contribution in [3.63, 3.8) is 0 Å². The highest BCUT2D eigenvalue weighted by atomic mass is 35.9. The van der Waals surface area contributed by atoms with Crippen LogP contribution in [0.2, 0.25) is 0 Å². The van der Waals surface area contributed by atoms with Crippen LogP contribution in [0.15, 0.2) is 23.1 Å². The van der Waals surface area contributed by atoms with Crippen molar-refractivity contribution in [2.45, 2.75) is 11.8 Å². The molecule has 0 aliphatic rings. The van der Waals surface area contributed by atoms with Gasteiger partial charge < -0.3 is 0 Å². The second kappa shape index (κ2) is 4.74. The van der Waals surface area contributed by atoms with Crippen molar-refractivity contribution in [2.24, 2.45) is 0 Å². The highest BCUT2D eigenvalue weighted by Crippen LogP contribution is 2.71. The molecule has 0 radical (unpaired) electrons. The maximum Gasteiger partial charge on any atom is 0.312 e. The maximum atomic E-state index is 11.1. The molecule has 0 aliphatic carbocycles. The highest BCUT2D eigenvalue weighted by molar-refractivity contribution is 8.72. The van der Waals surface area contributed by atoms with Gasteiger partial charge in [-0.2, -0.15) is 0 Å². The number of nitro groups is 1. The minimum atomic E-state index is -3.41. The van der Waals surface area contributed by atoms with Crippen LogP contribution in [0.5, 0.6) is 0 Å². The van der Waals surface area contributed by atoms with E-state index in [1.165, 1.54) is 12.1 Å². The monoisotopic (exact) mass is 285 g/mol. The molecule has 0 atom stereocenters. The molecular formula is C7H6Cl2NO3PS. The fraction of sp³-hybridized carbons (Fsp3) is 0.143. The first-order valence-electron chi connectivity index (χ1n) is 3.73. The van der Waals surface area contributed by atoms with E-state index in [1.807, 2.05) is 0 Å². The minimum absolute atomic E-state index is 0.137. The van der Waals surface area contributed by atoms with Crippen molar-refractivity contribution in [2.75, 3.05) is 0 Å². The van der Waals surface area contributed by atoms with Crippen LogP contribution in [0.1, 0.15) is 5.56 Å². The molecule has 0 N–H and O–H groups in total. The zero-order valence-corrected chi connectivity index (χ0v) is 10.7. The van der Waals surface area contributed by atoms with Gasteiger partial charge in [0.2, 0.25) is 0 Å². The molecule has 0 aliphatic heterocycles. The molecule has 0 saturated carbocycles. The number of benzene rings is 1. The van der Waals surface area contributed by atoms with Crippen molar-refractivity contribution in [1.82, 2.24) is 0 Å². The average molecular weight is 286 g/mol. The molecule has 1 rings (SSSR count). The summed E-state index contributed by atoms with van der Waals surface area (Å²) in [4.78, 5) is 10.3. The molecule has 0 amide bonds. The maximum absolute atomic E-state index is 11.1. The SMILES string of the molecule is Cc1ccc(SP(=O)(Cl)Cl)c([N+](=O)[O-])c1. The van der Waals surface area contributed by atoms with E-state index < -0.39 is 9.97 Å². The van der Waals surface area contributed by atoms with Crippen LogP contribution < -0.4 is 0 Å². The second-order valence-electron chi connectivity index (χ2n) is 2.73. The van der Waals surface area contributed by atoms with Crippen molar-refractivity contribution >= 4 is 44.6 Å². The Morgan fingerprint density at radius 1 is 1.47 bits per heavy atom. The van der Waals surface area contributed by atoms with Gasteiger partial charge in [0.15, 0.2) is 0 Å². The highest BCUT2D eigenvalue weighted by Gasteiger charge is 2.23. The number of hydrogen-bond acceptors (Lipinski definition) is 4. The van der Waals surface area contributed by atoms with Crippen LogP contribution in [0, 0.1) is 17.0 Å². The van der Waals surface area contributed by atoms with Crippen molar-refractivity contribution in [3.8, 4) is 0 Å². The molecule has 8 heteroatoms. The topological polar surface area (TPSA) is 60.2 Å². The van der Waals surface area contributed by atoms with Gasteiger partial charge in [0.25, 0.3) is 5.69 Å². The largest absolute Gasteiger partial charge is 0.312 e. The summed E-state index contributed by atoms with van der Waals surface area (Å²) < 4.78 is 11.1. The van der Waals surface area contributed by atoms with E-state index in [9.17, 15) is 14.7 Å². The van der Waals surface area contributed by atoms with E-state index in [2.05, 4.69) is 0 Å². The molecule has 0 spiro atoms. The Morgan fingerprint density at radius 3 is 2.53 bits per heavy atom. The number of nitro benzene ring substituents is 1. The molecule has 82 valence electrons. The smallest absolute Gasteiger partial charge is 0.277 e. The van der Waals surface area contributed by atoms with Gasteiger partial charge >= 0.3 is 5.05 Å². The summed E-state index contributed by atoms with van der Waals surface area (Å²) in [6.45, 7) is 1.72. The van der Waals surface area contributed by atoms with Crippen LogP contribution in [-0.4, -0.2) is 4.92 Å². The lowest BCUT2D eigenvalue weighted by molar-refractivity contribution is -0.387. The number of aryl methyl sites for hydroxylation is 1. The molecule has 0 saturated heterocycles. The van der Waals surface area contributed by atoms with E-state index >= 15 is 0 Å². The Morgan fingerprint density at radius 2 is 2.07 bits per heavy atom. The molecular weight excluding hydrogens is 280 g/mol. The van der Waals surface area contributed by atoms with Gasteiger partial charge in [0.1, 0.15) is 0 Å². The first-order chi connectivity index (χ1) is 6.79. The summed E-state index contributed by atoms with van der Waals surface area (Å²) in [5.74, 6) is 0. The fourth-order valence-corrected chi connectivity index (χ4v) is 4.03. The summed E-state index contributed by atoms with van der Waals surface area (Å²) in [6.07, 6.45) is 0. The molecule has 0 fully saturated rings. The standard InChI is InChI=1S/C7H6Cl2NO3PS/c1-5-2-3-7(15-14(8,9)13)6(4-5)10(11)12/h2-4H,1H3. The van der Waals surface area contributed by atoms with Gasteiger partial charge in [-0.25, -0.2) is 0 Å². The van der Waals surface area contributed by atoms with Gasteiger partial charge in [0.05, 0.1) is 9.82 Å². The predicted molar refractivity (Wildman–Crippen MR) is 63.0 cm³/mol. The summed E-state index contributed by atoms with van der Waals surface area (Å²) in [6, 6.07) is 4.53. The molecule has 0 unspecified atom stereocenters. The van der Waals surface area contributed by atoms with Crippen LogP contribution in [0.3, 0.4) is 0 Å². The Bertz CT molecular complexity index is 448. The summed E-state index contributed by atoms with van der Waals surface area (Å²) >= 11 is 11.3. The van der Waals surface area contributed by atoms with Crippen LogP contribution >= 0.6 is 38.9 Å². The van der Waals surface area contributed by atoms with Crippen molar-refractivity contribution < 1.29 is 9.49 Å². The number of rotatable bonds is 3. The summed E-state index contributed by atoms with van der Waals surface area (Å²) in [5, 5.41) is 7.26. The first kappa shape index (κ1) is 12.8. The predicted octanol–water partition coefficient (Wildman–Crippen LogP) is 4.58. The third kappa shape index (κ3) is 4.03. The minimum Gasteiger partial charge on any atom is -0.277 e. The Labute approximate surface area is 99.8 Å². The average Bonchev–Trinajstić information content (AvgIpc) is 2.05. The third-order valence-electron chi connectivity index (χ3n) is 1.52. The summed E-state index contributed by atoms with van der Waals surface area (Å²) in [7, 11) is 0. The normalized spacial score (nSPS) is 11.4. The van der Waals surface area contributed by atoms with E-state index in [0.29, 0.717) is 11.4 Å². The molecule has 0 bridgehead atoms. The van der Waals surface area contributed by atoms with E-state index in [-0.39, 0.29) is 10.6 Å². The molecule has 4 nitrogen and oxygen atoms in total.